The Balaban J connectivity index is 2.27. The maximum absolute atomic E-state index is 11.3. The lowest BCUT2D eigenvalue weighted by molar-refractivity contribution is 0.693. The predicted octanol–water partition coefficient (Wildman–Crippen LogP) is 3.03. The Morgan fingerprint density at radius 2 is 1.82 bits per heavy atom. The summed E-state index contributed by atoms with van der Waals surface area (Å²) in [6.07, 6.45) is 0. The zero-order valence-electron chi connectivity index (χ0n) is 5.35. The van der Waals surface area contributed by atoms with E-state index in [2.05, 4.69) is 0 Å². The summed E-state index contributed by atoms with van der Waals surface area (Å²) in [5.74, 6) is 0. The van der Waals surface area contributed by atoms with E-state index in [1.807, 2.05) is 16.2 Å². The fourth-order valence-corrected chi connectivity index (χ4v) is 5.33. The molecule has 0 amide bonds. The molecule has 11 heavy (non-hydrogen) atoms. The molecule has 0 aromatic heterocycles. The molecular formula is C6H4OS4. The summed E-state index contributed by atoms with van der Waals surface area (Å²) in [4.78, 5) is 0. The molecular weight excluding hydrogens is 216 g/mol. The predicted molar refractivity (Wildman–Crippen MR) is 56.2 cm³/mol. The van der Waals surface area contributed by atoms with E-state index in [4.69, 9.17) is 0 Å². The van der Waals surface area contributed by atoms with Gasteiger partial charge in [0.15, 0.2) is 0 Å². The maximum atomic E-state index is 11.3. The van der Waals surface area contributed by atoms with Gasteiger partial charge in [0.25, 0.3) is 0 Å². The molecule has 0 saturated carbocycles. The zero-order valence-corrected chi connectivity index (χ0v) is 8.62. The molecule has 1 atom stereocenters. The molecule has 2 aliphatic heterocycles. The molecule has 0 aromatic rings. The smallest absolute Gasteiger partial charge is 0.101 e. The van der Waals surface area contributed by atoms with Crippen molar-refractivity contribution >= 4 is 46.1 Å². The van der Waals surface area contributed by atoms with Gasteiger partial charge in [0, 0.05) is 5.41 Å². The summed E-state index contributed by atoms with van der Waals surface area (Å²) in [6.45, 7) is 0. The first kappa shape index (κ1) is 8.04. The third-order valence-electron chi connectivity index (χ3n) is 1.11. The Hall–Kier alpha value is 0.420. The average molecular weight is 220 g/mol. The maximum Gasteiger partial charge on any atom is 0.101 e. The van der Waals surface area contributed by atoms with Crippen LogP contribution in [0.5, 0.6) is 0 Å². The van der Waals surface area contributed by atoms with Crippen molar-refractivity contribution in [2.75, 3.05) is 0 Å². The van der Waals surface area contributed by atoms with E-state index in [-0.39, 0.29) is 0 Å². The Morgan fingerprint density at radius 1 is 1.09 bits per heavy atom. The molecule has 0 aliphatic carbocycles. The van der Waals surface area contributed by atoms with Crippen LogP contribution in [0.25, 0.3) is 0 Å². The summed E-state index contributed by atoms with van der Waals surface area (Å²) in [6, 6.07) is 0. The molecule has 0 N–H and O–H groups in total. The minimum Gasteiger partial charge on any atom is -0.249 e. The largest absolute Gasteiger partial charge is 0.249 e. The third kappa shape index (κ3) is 1.61. The minimum atomic E-state index is -0.870. The van der Waals surface area contributed by atoms with Crippen LogP contribution in [-0.4, -0.2) is 4.21 Å². The topological polar surface area (TPSA) is 17.1 Å². The first-order chi connectivity index (χ1) is 5.38. The van der Waals surface area contributed by atoms with E-state index >= 15 is 0 Å². The van der Waals surface area contributed by atoms with E-state index in [1.54, 1.807) is 40.7 Å². The van der Waals surface area contributed by atoms with Crippen molar-refractivity contribution in [1.82, 2.24) is 0 Å². The lowest BCUT2D eigenvalue weighted by atomic mass is 11.2. The van der Waals surface area contributed by atoms with Crippen molar-refractivity contribution in [3.63, 3.8) is 0 Å². The molecule has 0 spiro atoms. The van der Waals surface area contributed by atoms with Gasteiger partial charge in [-0.3, -0.25) is 0 Å². The molecule has 0 bridgehead atoms. The molecule has 0 fully saturated rings. The molecule has 2 aliphatic rings. The highest BCUT2D eigenvalue weighted by Gasteiger charge is 2.18. The first-order valence-corrected chi connectivity index (χ1v) is 6.69. The van der Waals surface area contributed by atoms with Crippen LogP contribution in [0, 0.1) is 0 Å². The molecule has 1 unspecified atom stereocenters. The van der Waals surface area contributed by atoms with Crippen LogP contribution >= 0.6 is 35.3 Å². The van der Waals surface area contributed by atoms with Gasteiger partial charge in [-0.25, -0.2) is 4.21 Å². The Kier molecular flexibility index (Phi) is 2.51. The normalized spacial score (nSPS) is 28.9. The van der Waals surface area contributed by atoms with E-state index in [0.717, 1.165) is 4.24 Å². The molecule has 1 nitrogen and oxygen atoms in total. The fourth-order valence-electron chi connectivity index (χ4n) is 0.683. The first-order valence-electron chi connectivity index (χ1n) is 2.84. The summed E-state index contributed by atoms with van der Waals surface area (Å²) < 4.78 is 13.4. The van der Waals surface area contributed by atoms with Gasteiger partial charge in [0.2, 0.25) is 0 Å². The molecule has 2 heterocycles. The van der Waals surface area contributed by atoms with Crippen LogP contribution in [0.4, 0.5) is 0 Å². The highest BCUT2D eigenvalue weighted by molar-refractivity contribution is 8.31. The highest BCUT2D eigenvalue weighted by Crippen LogP contribution is 2.46. The summed E-state index contributed by atoms with van der Waals surface area (Å²) in [5, 5.41) is 7.65. The van der Waals surface area contributed by atoms with Gasteiger partial charge in [-0.05, 0) is 16.2 Å². The van der Waals surface area contributed by atoms with Gasteiger partial charge < -0.3 is 0 Å². The molecule has 58 valence electrons. The summed E-state index contributed by atoms with van der Waals surface area (Å²) in [5.41, 5.74) is 0. The monoisotopic (exact) mass is 220 g/mol. The third-order valence-corrected chi connectivity index (χ3v) is 6.35. The van der Waals surface area contributed by atoms with Crippen molar-refractivity contribution < 1.29 is 4.21 Å². The van der Waals surface area contributed by atoms with E-state index in [0.29, 0.717) is 0 Å². The van der Waals surface area contributed by atoms with Crippen molar-refractivity contribution in [1.29, 1.82) is 0 Å². The van der Waals surface area contributed by atoms with Gasteiger partial charge in [-0.1, -0.05) is 35.3 Å². The van der Waals surface area contributed by atoms with E-state index in [1.165, 1.54) is 4.24 Å². The van der Waals surface area contributed by atoms with E-state index in [9.17, 15) is 4.21 Å². The number of hydrogen-bond acceptors (Lipinski definition) is 4. The molecule has 0 aromatic carbocycles. The zero-order chi connectivity index (χ0) is 7.68. The van der Waals surface area contributed by atoms with Crippen LogP contribution < -0.4 is 0 Å². The molecule has 5 heteroatoms. The lowest BCUT2D eigenvalue weighted by Gasteiger charge is -1.97. The van der Waals surface area contributed by atoms with Gasteiger partial charge in [-0.15, -0.1) is 0 Å². The summed E-state index contributed by atoms with van der Waals surface area (Å²) >= 11 is 4.87. The Labute approximate surface area is 80.2 Å². The minimum absolute atomic E-state index is 0.870. The number of rotatable bonds is 0. The molecule has 2 rings (SSSR count). The van der Waals surface area contributed by atoms with Gasteiger partial charge in [0.05, 0.1) is 15.0 Å². The van der Waals surface area contributed by atoms with Gasteiger partial charge in [0.1, 0.15) is 4.24 Å². The lowest BCUT2D eigenvalue weighted by Crippen LogP contribution is -1.80. The summed E-state index contributed by atoms with van der Waals surface area (Å²) in [7, 11) is -0.870. The van der Waals surface area contributed by atoms with Crippen molar-refractivity contribution in [3.05, 3.63) is 30.1 Å². The van der Waals surface area contributed by atoms with Crippen LogP contribution in [0.15, 0.2) is 30.1 Å². The van der Waals surface area contributed by atoms with Crippen LogP contribution in [0.2, 0.25) is 0 Å². The Bertz CT molecular complexity index is 279. The van der Waals surface area contributed by atoms with Crippen LogP contribution in [0.3, 0.4) is 0 Å². The van der Waals surface area contributed by atoms with Crippen molar-refractivity contribution in [3.8, 4) is 0 Å². The second-order valence-electron chi connectivity index (χ2n) is 1.77. The van der Waals surface area contributed by atoms with Crippen molar-refractivity contribution in [2.24, 2.45) is 0 Å². The van der Waals surface area contributed by atoms with E-state index < -0.39 is 10.8 Å². The fraction of sp³-hybridized carbons (Fsp3) is 0. The second-order valence-corrected chi connectivity index (χ2v) is 6.31. The van der Waals surface area contributed by atoms with Crippen LogP contribution in [-0.2, 0) is 10.8 Å². The van der Waals surface area contributed by atoms with Gasteiger partial charge in [-0.2, -0.15) is 0 Å². The van der Waals surface area contributed by atoms with Gasteiger partial charge >= 0.3 is 0 Å². The second kappa shape index (κ2) is 3.43. The molecule has 0 saturated heterocycles. The van der Waals surface area contributed by atoms with Crippen molar-refractivity contribution in [2.45, 2.75) is 0 Å². The Morgan fingerprint density at radius 3 is 2.36 bits per heavy atom. The quantitative estimate of drug-likeness (QED) is 0.624. The number of thioether (sulfide) groups is 3. The average Bonchev–Trinajstić information content (AvgIpc) is 2.55. The molecule has 0 radical (unpaired) electrons. The SMILES string of the molecule is O=S1C=CSC1=C1SC=CS1. The standard InChI is InChI=1S/C6H4OS4/c7-11-4-3-10-6(11)5-8-1-2-9-5/h1-4H. The van der Waals surface area contributed by atoms with Crippen LogP contribution in [0.1, 0.15) is 0 Å². The highest BCUT2D eigenvalue weighted by atomic mass is 32.2. The number of hydrogen-bond donors (Lipinski definition) is 0.